The van der Waals surface area contributed by atoms with Crippen molar-refractivity contribution in [3.8, 4) is 0 Å². The standard InChI is InChI=1S/C15H23N5O/c1-5-20(10(2)8-19(3)4)14-7-13-11(6-12(14)16)15(21)18-9-17-13/h6-7,9-10H,5,8,16H2,1-4H3,(H,17,18,21). The summed E-state index contributed by atoms with van der Waals surface area (Å²) in [5, 5.41) is 0.523. The number of hydrogen-bond acceptors (Lipinski definition) is 5. The van der Waals surface area contributed by atoms with Crippen molar-refractivity contribution in [1.29, 1.82) is 0 Å². The van der Waals surface area contributed by atoms with Crippen LogP contribution in [-0.4, -0.2) is 48.1 Å². The van der Waals surface area contributed by atoms with Gasteiger partial charge in [0.1, 0.15) is 0 Å². The highest BCUT2D eigenvalue weighted by molar-refractivity contribution is 5.88. The zero-order valence-electron chi connectivity index (χ0n) is 13.1. The highest BCUT2D eigenvalue weighted by Gasteiger charge is 2.17. The smallest absolute Gasteiger partial charge is 0.258 e. The van der Waals surface area contributed by atoms with Crippen molar-refractivity contribution < 1.29 is 0 Å². The van der Waals surface area contributed by atoms with Crippen molar-refractivity contribution in [2.75, 3.05) is 37.8 Å². The molecule has 3 N–H and O–H groups in total. The average Bonchev–Trinajstić information content (AvgIpc) is 2.40. The van der Waals surface area contributed by atoms with Gasteiger partial charge in [-0.05, 0) is 40.1 Å². The van der Waals surface area contributed by atoms with E-state index in [1.807, 2.05) is 6.07 Å². The van der Waals surface area contributed by atoms with E-state index in [2.05, 4.69) is 47.7 Å². The molecule has 6 nitrogen and oxygen atoms in total. The molecule has 0 aliphatic carbocycles. The number of anilines is 2. The SMILES string of the molecule is CCN(c1cc2nc[nH]c(=O)c2cc1N)C(C)CN(C)C. The molecular weight excluding hydrogens is 266 g/mol. The molecule has 1 aromatic heterocycles. The number of aromatic amines is 1. The van der Waals surface area contributed by atoms with Crippen LogP contribution in [0.15, 0.2) is 23.3 Å². The Morgan fingerprint density at radius 2 is 2.10 bits per heavy atom. The van der Waals surface area contributed by atoms with Crippen LogP contribution in [0.3, 0.4) is 0 Å². The van der Waals surface area contributed by atoms with Crippen molar-refractivity contribution in [3.63, 3.8) is 0 Å². The van der Waals surface area contributed by atoms with Gasteiger partial charge < -0.3 is 20.5 Å². The highest BCUT2D eigenvalue weighted by atomic mass is 16.1. The zero-order chi connectivity index (χ0) is 15.6. The minimum atomic E-state index is -0.164. The monoisotopic (exact) mass is 289 g/mol. The maximum absolute atomic E-state index is 11.8. The summed E-state index contributed by atoms with van der Waals surface area (Å²) in [6.07, 6.45) is 1.42. The first-order chi connectivity index (χ1) is 9.93. The molecule has 2 rings (SSSR count). The minimum absolute atomic E-state index is 0.164. The molecule has 0 aliphatic heterocycles. The average molecular weight is 289 g/mol. The van der Waals surface area contributed by atoms with Crippen LogP contribution in [0, 0.1) is 0 Å². The number of hydrogen-bond donors (Lipinski definition) is 2. The zero-order valence-corrected chi connectivity index (χ0v) is 13.1. The largest absolute Gasteiger partial charge is 0.397 e. The van der Waals surface area contributed by atoms with Crippen LogP contribution in [0.2, 0.25) is 0 Å². The molecular formula is C15H23N5O. The van der Waals surface area contributed by atoms with Gasteiger partial charge in [-0.15, -0.1) is 0 Å². The summed E-state index contributed by atoms with van der Waals surface area (Å²) in [5.74, 6) is 0. The van der Waals surface area contributed by atoms with Crippen molar-refractivity contribution in [1.82, 2.24) is 14.9 Å². The van der Waals surface area contributed by atoms with Crippen molar-refractivity contribution >= 4 is 22.3 Å². The van der Waals surface area contributed by atoms with Gasteiger partial charge in [-0.2, -0.15) is 0 Å². The number of likely N-dealkylation sites (N-methyl/N-ethyl adjacent to an activating group) is 2. The predicted molar refractivity (Wildman–Crippen MR) is 87.8 cm³/mol. The quantitative estimate of drug-likeness (QED) is 0.811. The molecule has 0 saturated carbocycles. The van der Waals surface area contributed by atoms with Gasteiger partial charge in [0.25, 0.3) is 5.56 Å². The van der Waals surface area contributed by atoms with Crippen molar-refractivity contribution in [2.24, 2.45) is 0 Å². The molecule has 0 bridgehead atoms. The van der Waals surface area contributed by atoms with Gasteiger partial charge in [0.05, 0.1) is 28.6 Å². The summed E-state index contributed by atoms with van der Waals surface area (Å²) in [6.45, 7) is 6.03. The number of nitrogens with two attached hydrogens (primary N) is 1. The molecule has 1 heterocycles. The van der Waals surface area contributed by atoms with Crippen LogP contribution in [0.4, 0.5) is 11.4 Å². The van der Waals surface area contributed by atoms with E-state index in [1.165, 1.54) is 6.33 Å². The number of rotatable bonds is 5. The lowest BCUT2D eigenvalue weighted by atomic mass is 10.1. The first-order valence-electron chi connectivity index (χ1n) is 7.12. The van der Waals surface area contributed by atoms with E-state index in [9.17, 15) is 4.79 Å². The molecule has 2 aromatic rings. The Bertz CT molecular complexity index is 679. The van der Waals surface area contributed by atoms with Crippen LogP contribution < -0.4 is 16.2 Å². The molecule has 1 unspecified atom stereocenters. The Morgan fingerprint density at radius 3 is 2.71 bits per heavy atom. The van der Waals surface area contributed by atoms with Gasteiger partial charge in [-0.1, -0.05) is 0 Å². The second kappa shape index (κ2) is 6.13. The summed E-state index contributed by atoms with van der Waals surface area (Å²) < 4.78 is 0. The van der Waals surface area contributed by atoms with Gasteiger partial charge in [0, 0.05) is 19.1 Å². The highest BCUT2D eigenvalue weighted by Crippen LogP contribution is 2.28. The molecule has 21 heavy (non-hydrogen) atoms. The summed E-state index contributed by atoms with van der Waals surface area (Å²) in [4.78, 5) is 23.0. The Morgan fingerprint density at radius 1 is 1.38 bits per heavy atom. The third-order valence-electron chi connectivity index (χ3n) is 3.60. The number of H-pyrrole nitrogens is 1. The third-order valence-corrected chi connectivity index (χ3v) is 3.60. The molecule has 0 saturated heterocycles. The van der Waals surface area contributed by atoms with E-state index < -0.39 is 0 Å². The topological polar surface area (TPSA) is 78.2 Å². The van der Waals surface area contributed by atoms with Crippen LogP contribution in [0.1, 0.15) is 13.8 Å². The molecule has 0 radical (unpaired) electrons. The van der Waals surface area contributed by atoms with E-state index in [4.69, 9.17) is 5.73 Å². The maximum Gasteiger partial charge on any atom is 0.258 e. The predicted octanol–water partition coefficient (Wildman–Crippen LogP) is 1.28. The number of nitrogens with zero attached hydrogens (tertiary/aromatic N) is 3. The van der Waals surface area contributed by atoms with Gasteiger partial charge in [0.15, 0.2) is 0 Å². The summed E-state index contributed by atoms with van der Waals surface area (Å²) in [6, 6.07) is 3.92. The van der Waals surface area contributed by atoms with Gasteiger partial charge in [0.2, 0.25) is 0 Å². The minimum Gasteiger partial charge on any atom is -0.397 e. The number of nitrogen functional groups attached to an aromatic ring is 1. The molecule has 1 atom stereocenters. The molecule has 6 heteroatoms. The molecule has 0 amide bonds. The van der Waals surface area contributed by atoms with Crippen LogP contribution in [-0.2, 0) is 0 Å². The van der Waals surface area contributed by atoms with E-state index in [0.29, 0.717) is 22.6 Å². The summed E-state index contributed by atoms with van der Waals surface area (Å²) in [5.41, 5.74) is 8.20. The van der Waals surface area contributed by atoms with E-state index in [-0.39, 0.29) is 5.56 Å². The molecule has 0 fully saturated rings. The van der Waals surface area contributed by atoms with Crippen molar-refractivity contribution in [3.05, 3.63) is 28.8 Å². The fourth-order valence-corrected chi connectivity index (χ4v) is 2.72. The normalized spacial score (nSPS) is 12.8. The lowest BCUT2D eigenvalue weighted by Crippen LogP contribution is -2.40. The second-order valence-corrected chi connectivity index (χ2v) is 5.56. The molecule has 114 valence electrons. The number of nitrogens with one attached hydrogen (secondary N) is 1. The van der Waals surface area contributed by atoms with Crippen LogP contribution in [0.5, 0.6) is 0 Å². The lowest BCUT2D eigenvalue weighted by molar-refractivity contribution is 0.373. The third kappa shape index (κ3) is 3.16. The van der Waals surface area contributed by atoms with E-state index >= 15 is 0 Å². The Hall–Kier alpha value is -2.08. The number of fused-ring (bicyclic) bond motifs is 1. The maximum atomic E-state index is 11.8. The van der Waals surface area contributed by atoms with E-state index in [0.717, 1.165) is 18.8 Å². The first-order valence-corrected chi connectivity index (χ1v) is 7.12. The van der Waals surface area contributed by atoms with Crippen LogP contribution in [0.25, 0.3) is 10.9 Å². The fraction of sp³-hybridized carbons (Fsp3) is 0.467. The Kier molecular flexibility index (Phi) is 4.47. The van der Waals surface area contributed by atoms with E-state index in [1.54, 1.807) is 6.07 Å². The first kappa shape index (κ1) is 15.3. The summed E-state index contributed by atoms with van der Waals surface area (Å²) >= 11 is 0. The van der Waals surface area contributed by atoms with Gasteiger partial charge in [-0.3, -0.25) is 4.79 Å². The van der Waals surface area contributed by atoms with Gasteiger partial charge in [-0.25, -0.2) is 4.98 Å². The fourth-order valence-electron chi connectivity index (χ4n) is 2.72. The van der Waals surface area contributed by atoms with Crippen molar-refractivity contribution in [2.45, 2.75) is 19.9 Å². The summed E-state index contributed by atoms with van der Waals surface area (Å²) in [7, 11) is 4.10. The number of aromatic nitrogens is 2. The Labute approximate surface area is 124 Å². The number of benzene rings is 1. The van der Waals surface area contributed by atoms with Crippen LogP contribution >= 0.6 is 0 Å². The second-order valence-electron chi connectivity index (χ2n) is 5.56. The Balaban J connectivity index is 2.49. The molecule has 1 aromatic carbocycles. The molecule has 0 aliphatic rings. The molecule has 0 spiro atoms. The van der Waals surface area contributed by atoms with Gasteiger partial charge >= 0.3 is 0 Å². The lowest BCUT2D eigenvalue weighted by Gasteiger charge is -2.33.